The minimum Gasteiger partial charge on any atom is -0.462 e. The van der Waals surface area contributed by atoms with Crippen LogP contribution in [0.5, 0.6) is 0 Å². The van der Waals surface area contributed by atoms with E-state index >= 15 is 0 Å². The summed E-state index contributed by atoms with van der Waals surface area (Å²) in [6.07, 6.45) is 6.98. The number of likely N-dealkylation sites (N-methyl/N-ethyl adjacent to an activating group) is 1. The highest BCUT2D eigenvalue weighted by atomic mass is 16.5. The second-order valence-electron chi connectivity index (χ2n) is 7.00. The highest BCUT2D eigenvalue weighted by Gasteiger charge is 2.27. The number of nitrogens with two attached hydrogens (primary N) is 1. The number of anilines is 1. The van der Waals surface area contributed by atoms with Crippen molar-refractivity contribution in [2.45, 2.75) is 51.5 Å². The maximum Gasteiger partial charge on any atom is 0.337 e. The molecule has 0 bridgehead atoms. The summed E-state index contributed by atoms with van der Waals surface area (Å²) in [6.45, 7) is 2.33. The van der Waals surface area contributed by atoms with Crippen LogP contribution in [0.2, 0.25) is 0 Å². The van der Waals surface area contributed by atoms with Gasteiger partial charge in [0.2, 0.25) is 6.41 Å². The molecule has 0 aromatic heterocycles. The van der Waals surface area contributed by atoms with Crippen LogP contribution in [0.25, 0.3) is 0 Å². The molecule has 1 aromatic rings. The van der Waals surface area contributed by atoms with Crippen LogP contribution in [0.4, 0.5) is 5.69 Å². The third-order valence-corrected chi connectivity index (χ3v) is 5.15. The van der Waals surface area contributed by atoms with Crippen LogP contribution in [-0.2, 0) is 14.3 Å². The molecule has 1 atom stereocenters. The van der Waals surface area contributed by atoms with Gasteiger partial charge in [0.15, 0.2) is 0 Å². The van der Waals surface area contributed by atoms with Gasteiger partial charge >= 0.3 is 5.97 Å². The van der Waals surface area contributed by atoms with Crippen molar-refractivity contribution in [1.82, 2.24) is 10.6 Å². The van der Waals surface area contributed by atoms with Crippen molar-refractivity contribution < 1.29 is 14.3 Å². The molecule has 4 N–H and O–H groups in total. The maximum atomic E-state index is 13.0. The van der Waals surface area contributed by atoms with Crippen molar-refractivity contribution in [2.75, 3.05) is 19.4 Å². The summed E-state index contributed by atoms with van der Waals surface area (Å²) in [6, 6.07) is 6.94. The first-order valence-corrected chi connectivity index (χ1v) is 9.73. The average molecular weight is 373 g/mol. The van der Waals surface area contributed by atoms with Crippen LogP contribution in [0, 0.1) is 5.92 Å². The number of rotatable bonds is 9. The third kappa shape index (κ3) is 5.82. The number of carbonyl (C=O) groups is 2. The van der Waals surface area contributed by atoms with Gasteiger partial charge in [-0.3, -0.25) is 4.79 Å². The Kier molecular flexibility index (Phi) is 8.33. The number of carbonyl (C=O) groups excluding carboxylic acids is 2. The summed E-state index contributed by atoms with van der Waals surface area (Å²) < 4.78 is 5.68. The van der Waals surface area contributed by atoms with E-state index in [-0.39, 0.29) is 5.97 Å². The molecule has 1 amide bonds. The number of allylic oxidation sites excluding steroid dienone is 1. The molecule has 6 nitrogen and oxygen atoms in total. The summed E-state index contributed by atoms with van der Waals surface area (Å²) in [5.74, 6) is 0.0422. The zero-order valence-corrected chi connectivity index (χ0v) is 16.3. The summed E-state index contributed by atoms with van der Waals surface area (Å²) >= 11 is 0. The standard InChI is InChI=1S/C21H31N3O3/c1-3-18(24-14-25)19(20(23-2)16-9-11-17(22)12-10-16)21(26)27-13-15-7-5-4-6-8-15/h9-12,14-15,20,23H,3-8,13,22H2,1-2H3,(H,24,25)/b19-18+. The Morgan fingerprint density at radius 2 is 1.93 bits per heavy atom. The number of nitrogen functional groups attached to an aromatic ring is 1. The highest BCUT2D eigenvalue weighted by Crippen LogP contribution is 2.28. The van der Waals surface area contributed by atoms with Gasteiger partial charge in [-0.25, -0.2) is 4.79 Å². The molecule has 148 valence electrons. The molecule has 1 saturated carbocycles. The number of ether oxygens (including phenoxy) is 1. The molecule has 0 aliphatic heterocycles. The van der Waals surface area contributed by atoms with Gasteiger partial charge in [0, 0.05) is 11.4 Å². The maximum absolute atomic E-state index is 13.0. The van der Waals surface area contributed by atoms with Gasteiger partial charge in [-0.1, -0.05) is 38.3 Å². The fourth-order valence-corrected chi connectivity index (χ4v) is 3.65. The van der Waals surface area contributed by atoms with Gasteiger partial charge < -0.3 is 21.1 Å². The smallest absolute Gasteiger partial charge is 0.337 e. The molecular weight excluding hydrogens is 342 g/mol. The number of amides is 1. The molecule has 0 saturated heterocycles. The van der Waals surface area contributed by atoms with E-state index in [0.29, 0.717) is 42.3 Å². The normalized spacial score (nSPS) is 17.0. The molecule has 1 aromatic carbocycles. The second kappa shape index (κ2) is 10.7. The first kappa shape index (κ1) is 21.0. The van der Waals surface area contributed by atoms with Crippen LogP contribution in [0.3, 0.4) is 0 Å². The Balaban J connectivity index is 2.27. The number of nitrogens with one attached hydrogen (secondary N) is 2. The minimum atomic E-state index is -0.396. The van der Waals surface area contributed by atoms with E-state index in [2.05, 4.69) is 10.6 Å². The predicted molar refractivity (Wildman–Crippen MR) is 107 cm³/mol. The van der Waals surface area contributed by atoms with Gasteiger partial charge in [-0.2, -0.15) is 0 Å². The SMILES string of the molecule is CC/C(NC=O)=C(\C(=O)OCC1CCCCC1)C(NC)c1ccc(N)cc1. The van der Waals surface area contributed by atoms with E-state index in [1.807, 2.05) is 19.1 Å². The van der Waals surface area contributed by atoms with E-state index in [1.165, 1.54) is 19.3 Å². The predicted octanol–water partition coefficient (Wildman–Crippen LogP) is 3.06. The molecule has 6 heteroatoms. The van der Waals surface area contributed by atoms with Crippen LogP contribution in [-0.4, -0.2) is 26.0 Å². The van der Waals surface area contributed by atoms with E-state index in [9.17, 15) is 9.59 Å². The van der Waals surface area contributed by atoms with Crippen molar-refractivity contribution in [1.29, 1.82) is 0 Å². The molecular formula is C21H31N3O3. The number of hydrogen-bond donors (Lipinski definition) is 3. The fraction of sp³-hybridized carbons (Fsp3) is 0.524. The molecule has 0 heterocycles. The summed E-state index contributed by atoms with van der Waals surface area (Å²) in [7, 11) is 1.78. The quantitative estimate of drug-likeness (QED) is 0.268. The lowest BCUT2D eigenvalue weighted by Crippen LogP contribution is -2.30. The van der Waals surface area contributed by atoms with Gasteiger partial charge in [-0.15, -0.1) is 0 Å². The lowest BCUT2D eigenvalue weighted by atomic mass is 9.90. The van der Waals surface area contributed by atoms with Crippen LogP contribution >= 0.6 is 0 Å². The molecule has 0 spiro atoms. The van der Waals surface area contributed by atoms with Crippen LogP contribution in [0.1, 0.15) is 57.1 Å². The zero-order valence-electron chi connectivity index (χ0n) is 16.3. The van der Waals surface area contributed by atoms with E-state index in [1.54, 1.807) is 19.2 Å². The van der Waals surface area contributed by atoms with E-state index in [4.69, 9.17) is 10.5 Å². The molecule has 0 radical (unpaired) electrons. The number of benzene rings is 1. The van der Waals surface area contributed by atoms with Crippen molar-refractivity contribution in [3.63, 3.8) is 0 Å². The van der Waals surface area contributed by atoms with Crippen LogP contribution in [0.15, 0.2) is 35.5 Å². The van der Waals surface area contributed by atoms with Gasteiger partial charge in [0.05, 0.1) is 18.2 Å². The van der Waals surface area contributed by atoms with Gasteiger partial charge in [0.25, 0.3) is 0 Å². The topological polar surface area (TPSA) is 93.5 Å². The summed E-state index contributed by atoms with van der Waals surface area (Å²) in [4.78, 5) is 24.1. The van der Waals surface area contributed by atoms with Gasteiger partial charge in [0.1, 0.15) is 0 Å². The molecule has 1 aliphatic carbocycles. The molecule has 1 fully saturated rings. The molecule has 1 unspecified atom stereocenters. The van der Waals surface area contributed by atoms with Crippen molar-refractivity contribution in [2.24, 2.45) is 5.92 Å². The molecule has 27 heavy (non-hydrogen) atoms. The lowest BCUT2D eigenvalue weighted by molar-refractivity contribution is -0.141. The average Bonchev–Trinajstić information content (AvgIpc) is 2.70. The Morgan fingerprint density at radius 1 is 1.26 bits per heavy atom. The zero-order chi connectivity index (χ0) is 19.6. The lowest BCUT2D eigenvalue weighted by Gasteiger charge is -2.25. The summed E-state index contributed by atoms with van der Waals surface area (Å²) in [5, 5.41) is 5.86. The van der Waals surface area contributed by atoms with Gasteiger partial charge in [-0.05, 0) is 49.9 Å². The van der Waals surface area contributed by atoms with Crippen LogP contribution < -0.4 is 16.4 Å². The summed E-state index contributed by atoms with van der Waals surface area (Å²) in [5.41, 5.74) is 8.33. The monoisotopic (exact) mass is 373 g/mol. The van der Waals surface area contributed by atoms with Crippen molar-refractivity contribution in [3.8, 4) is 0 Å². The molecule has 2 rings (SSSR count). The highest BCUT2D eigenvalue weighted by molar-refractivity contribution is 5.91. The Morgan fingerprint density at radius 3 is 2.48 bits per heavy atom. The number of esters is 1. The Labute approximate surface area is 161 Å². The largest absolute Gasteiger partial charge is 0.462 e. The van der Waals surface area contributed by atoms with Crippen molar-refractivity contribution in [3.05, 3.63) is 41.1 Å². The first-order chi connectivity index (χ1) is 13.1. The Hall–Kier alpha value is -2.34. The van der Waals surface area contributed by atoms with Crippen molar-refractivity contribution >= 4 is 18.1 Å². The second-order valence-corrected chi connectivity index (χ2v) is 7.00. The minimum absolute atomic E-state index is 0.386. The molecule has 1 aliphatic rings. The first-order valence-electron chi connectivity index (χ1n) is 9.73. The van der Waals surface area contributed by atoms with E-state index in [0.717, 1.165) is 18.4 Å². The fourth-order valence-electron chi connectivity index (χ4n) is 3.65. The third-order valence-electron chi connectivity index (χ3n) is 5.15. The number of hydrogen-bond acceptors (Lipinski definition) is 5. The van der Waals surface area contributed by atoms with E-state index < -0.39 is 6.04 Å². The Bertz CT molecular complexity index is 649.